The molecule has 0 radical (unpaired) electrons. The van der Waals surface area contributed by atoms with Crippen LogP contribution >= 0.6 is 0 Å². The predicted molar refractivity (Wildman–Crippen MR) is 97.4 cm³/mol. The molecule has 1 saturated carbocycles. The van der Waals surface area contributed by atoms with E-state index in [4.69, 9.17) is 5.73 Å². The van der Waals surface area contributed by atoms with Gasteiger partial charge in [0, 0.05) is 32.2 Å². The van der Waals surface area contributed by atoms with E-state index in [-0.39, 0.29) is 17.9 Å². The molecule has 0 spiro atoms. The third-order valence-corrected chi connectivity index (χ3v) is 5.39. The molecule has 2 N–H and O–H groups in total. The van der Waals surface area contributed by atoms with Crippen LogP contribution in [0.5, 0.6) is 0 Å². The van der Waals surface area contributed by atoms with Gasteiger partial charge < -0.3 is 10.6 Å². The first-order chi connectivity index (χ1) is 11.5. The van der Waals surface area contributed by atoms with Gasteiger partial charge in [-0.2, -0.15) is 0 Å². The average molecular weight is 329 g/mol. The SMILES string of the molecule is CC(C)[C@H](N)C(=O)N1CC[C@@H](CN(Cc2ccccc2)C2CC2)C1. The quantitative estimate of drug-likeness (QED) is 0.836. The van der Waals surface area contributed by atoms with Gasteiger partial charge in [0.2, 0.25) is 5.91 Å². The summed E-state index contributed by atoms with van der Waals surface area (Å²) in [6.07, 6.45) is 3.75. The van der Waals surface area contributed by atoms with Crippen LogP contribution in [0.4, 0.5) is 0 Å². The predicted octanol–water partition coefficient (Wildman–Crippen LogP) is 2.48. The van der Waals surface area contributed by atoms with Crippen molar-refractivity contribution in [2.75, 3.05) is 19.6 Å². The highest BCUT2D eigenvalue weighted by Crippen LogP contribution is 2.30. The van der Waals surface area contributed by atoms with E-state index in [2.05, 4.69) is 35.2 Å². The van der Waals surface area contributed by atoms with Crippen LogP contribution in [-0.4, -0.2) is 47.4 Å². The summed E-state index contributed by atoms with van der Waals surface area (Å²) in [5.41, 5.74) is 7.43. The van der Waals surface area contributed by atoms with Gasteiger partial charge in [-0.25, -0.2) is 0 Å². The summed E-state index contributed by atoms with van der Waals surface area (Å²) in [5, 5.41) is 0. The highest BCUT2D eigenvalue weighted by atomic mass is 16.2. The van der Waals surface area contributed by atoms with Crippen LogP contribution in [0.2, 0.25) is 0 Å². The lowest BCUT2D eigenvalue weighted by Gasteiger charge is -2.26. The number of likely N-dealkylation sites (tertiary alicyclic amines) is 1. The number of rotatable bonds is 7. The Kier molecular flexibility index (Phi) is 5.57. The van der Waals surface area contributed by atoms with E-state index in [9.17, 15) is 4.79 Å². The zero-order valence-corrected chi connectivity index (χ0v) is 15.0. The summed E-state index contributed by atoms with van der Waals surface area (Å²) in [6, 6.07) is 11.1. The summed E-state index contributed by atoms with van der Waals surface area (Å²) >= 11 is 0. The van der Waals surface area contributed by atoms with Crippen LogP contribution < -0.4 is 5.73 Å². The molecule has 2 aliphatic rings. The van der Waals surface area contributed by atoms with E-state index in [0.717, 1.165) is 38.6 Å². The monoisotopic (exact) mass is 329 g/mol. The van der Waals surface area contributed by atoms with E-state index in [1.165, 1.54) is 18.4 Å². The molecule has 24 heavy (non-hydrogen) atoms. The Morgan fingerprint density at radius 1 is 1.25 bits per heavy atom. The zero-order chi connectivity index (χ0) is 17.1. The molecule has 3 rings (SSSR count). The maximum atomic E-state index is 12.4. The zero-order valence-electron chi connectivity index (χ0n) is 15.0. The molecular formula is C20H31N3O. The molecule has 1 aliphatic carbocycles. The number of carbonyl (C=O) groups is 1. The van der Waals surface area contributed by atoms with Crippen molar-refractivity contribution in [3.63, 3.8) is 0 Å². The minimum Gasteiger partial charge on any atom is -0.341 e. The lowest BCUT2D eigenvalue weighted by molar-refractivity contribution is -0.132. The Morgan fingerprint density at radius 3 is 2.58 bits per heavy atom. The van der Waals surface area contributed by atoms with E-state index >= 15 is 0 Å². The second-order valence-electron chi connectivity index (χ2n) is 7.85. The van der Waals surface area contributed by atoms with Gasteiger partial charge in [-0.1, -0.05) is 44.2 Å². The Bertz CT molecular complexity index is 541. The maximum absolute atomic E-state index is 12.4. The molecule has 1 saturated heterocycles. The van der Waals surface area contributed by atoms with Crippen molar-refractivity contribution in [2.45, 2.75) is 51.7 Å². The Morgan fingerprint density at radius 2 is 1.96 bits per heavy atom. The van der Waals surface area contributed by atoms with Crippen molar-refractivity contribution in [2.24, 2.45) is 17.6 Å². The van der Waals surface area contributed by atoms with E-state index in [1.807, 2.05) is 18.7 Å². The Labute approximate surface area is 146 Å². The lowest BCUT2D eigenvalue weighted by atomic mass is 10.0. The van der Waals surface area contributed by atoms with Crippen LogP contribution in [0.15, 0.2) is 30.3 Å². The fourth-order valence-corrected chi connectivity index (χ4v) is 3.61. The molecule has 1 heterocycles. The molecule has 0 unspecified atom stereocenters. The van der Waals surface area contributed by atoms with Crippen molar-refractivity contribution in [3.8, 4) is 0 Å². The lowest BCUT2D eigenvalue weighted by Crippen LogP contribution is -2.46. The smallest absolute Gasteiger partial charge is 0.239 e. The number of nitrogens with zero attached hydrogens (tertiary/aromatic N) is 2. The van der Waals surface area contributed by atoms with Crippen molar-refractivity contribution >= 4 is 5.91 Å². The number of nitrogens with two attached hydrogens (primary N) is 1. The number of carbonyl (C=O) groups excluding carboxylic acids is 1. The molecule has 1 aromatic carbocycles. The van der Waals surface area contributed by atoms with Crippen LogP contribution in [0.25, 0.3) is 0 Å². The fourth-order valence-electron chi connectivity index (χ4n) is 3.61. The second-order valence-corrected chi connectivity index (χ2v) is 7.85. The molecular weight excluding hydrogens is 298 g/mol. The van der Waals surface area contributed by atoms with Gasteiger partial charge >= 0.3 is 0 Å². The van der Waals surface area contributed by atoms with E-state index < -0.39 is 0 Å². The molecule has 4 heteroatoms. The van der Waals surface area contributed by atoms with Gasteiger partial charge in [-0.15, -0.1) is 0 Å². The largest absolute Gasteiger partial charge is 0.341 e. The van der Waals surface area contributed by atoms with Crippen molar-refractivity contribution in [1.29, 1.82) is 0 Å². The molecule has 2 atom stereocenters. The molecule has 2 fully saturated rings. The van der Waals surface area contributed by atoms with E-state index in [0.29, 0.717) is 5.92 Å². The first-order valence-electron chi connectivity index (χ1n) is 9.37. The molecule has 0 aromatic heterocycles. The first kappa shape index (κ1) is 17.4. The van der Waals surface area contributed by atoms with Crippen molar-refractivity contribution in [1.82, 2.24) is 9.80 Å². The van der Waals surface area contributed by atoms with E-state index in [1.54, 1.807) is 0 Å². The number of benzene rings is 1. The number of amides is 1. The molecule has 1 amide bonds. The second kappa shape index (κ2) is 7.66. The van der Waals surface area contributed by atoms with Crippen molar-refractivity contribution < 1.29 is 4.79 Å². The summed E-state index contributed by atoms with van der Waals surface area (Å²) in [7, 11) is 0. The van der Waals surface area contributed by atoms with Crippen LogP contribution in [0, 0.1) is 11.8 Å². The maximum Gasteiger partial charge on any atom is 0.239 e. The molecule has 1 aromatic rings. The third kappa shape index (κ3) is 4.37. The van der Waals surface area contributed by atoms with Gasteiger partial charge in [0.15, 0.2) is 0 Å². The molecule has 132 valence electrons. The van der Waals surface area contributed by atoms with Crippen LogP contribution in [-0.2, 0) is 11.3 Å². The minimum absolute atomic E-state index is 0.133. The summed E-state index contributed by atoms with van der Waals surface area (Å²) in [6.45, 7) is 7.91. The summed E-state index contributed by atoms with van der Waals surface area (Å²) in [4.78, 5) is 17.1. The standard InChI is InChI=1S/C20H31N3O/c1-15(2)19(21)20(24)22-11-10-17(13-22)14-23(18-8-9-18)12-16-6-4-3-5-7-16/h3-7,15,17-19H,8-14,21H2,1-2H3/t17-,19+/m1/s1. The van der Waals surface area contributed by atoms with Gasteiger partial charge in [-0.3, -0.25) is 9.69 Å². The Hall–Kier alpha value is -1.39. The van der Waals surface area contributed by atoms with Gasteiger partial charge in [0.25, 0.3) is 0 Å². The Balaban J connectivity index is 1.54. The summed E-state index contributed by atoms with van der Waals surface area (Å²) in [5.74, 6) is 0.920. The van der Waals surface area contributed by atoms with Gasteiger partial charge in [0.1, 0.15) is 0 Å². The highest BCUT2D eigenvalue weighted by molar-refractivity contribution is 5.82. The first-order valence-corrected chi connectivity index (χ1v) is 9.37. The molecule has 1 aliphatic heterocycles. The van der Waals surface area contributed by atoms with Crippen LogP contribution in [0.1, 0.15) is 38.7 Å². The average Bonchev–Trinajstić information content (AvgIpc) is 3.33. The topological polar surface area (TPSA) is 49.6 Å². The van der Waals surface area contributed by atoms with Crippen molar-refractivity contribution in [3.05, 3.63) is 35.9 Å². The highest BCUT2D eigenvalue weighted by Gasteiger charge is 2.35. The normalized spacial score (nSPS) is 22.4. The molecule has 4 nitrogen and oxygen atoms in total. The van der Waals surface area contributed by atoms with Crippen LogP contribution in [0.3, 0.4) is 0 Å². The van der Waals surface area contributed by atoms with Gasteiger partial charge in [0.05, 0.1) is 6.04 Å². The minimum atomic E-state index is -0.354. The number of hydrogen-bond acceptors (Lipinski definition) is 3. The summed E-state index contributed by atoms with van der Waals surface area (Å²) < 4.78 is 0. The third-order valence-electron chi connectivity index (χ3n) is 5.39. The molecule has 0 bridgehead atoms. The van der Waals surface area contributed by atoms with Gasteiger partial charge in [-0.05, 0) is 36.7 Å². The fraction of sp³-hybridized carbons (Fsp3) is 0.650. The number of hydrogen-bond donors (Lipinski definition) is 1.